The Labute approximate surface area is 140 Å². The van der Waals surface area contributed by atoms with Crippen molar-refractivity contribution in [1.82, 2.24) is 0 Å². The van der Waals surface area contributed by atoms with E-state index in [0.717, 1.165) is 0 Å². The molecule has 0 fully saturated rings. The molecule has 124 valence electrons. The van der Waals surface area contributed by atoms with E-state index in [1.54, 1.807) is 38.1 Å². The summed E-state index contributed by atoms with van der Waals surface area (Å²) in [6.07, 6.45) is 0.533. The molecule has 6 heteroatoms. The summed E-state index contributed by atoms with van der Waals surface area (Å²) in [5, 5.41) is 0. The fourth-order valence-electron chi connectivity index (χ4n) is 3.30. The van der Waals surface area contributed by atoms with Gasteiger partial charge in [0.2, 0.25) is 0 Å². The average Bonchev–Trinajstić information content (AvgIpc) is 2.56. The van der Waals surface area contributed by atoms with Crippen molar-refractivity contribution < 1.29 is 22.6 Å². The monoisotopic (exact) mass is 344 g/mol. The molecule has 0 unspecified atom stereocenters. The Balaban J connectivity index is 2.46. The molecule has 0 atom stereocenters. The summed E-state index contributed by atoms with van der Waals surface area (Å²) >= 11 is 0. The van der Waals surface area contributed by atoms with Crippen LogP contribution in [0.4, 0.5) is 0 Å². The molecule has 0 saturated carbocycles. The van der Waals surface area contributed by atoms with Crippen LogP contribution in [0.15, 0.2) is 35.2 Å². The topological polar surface area (TPSA) is 88.5 Å². The van der Waals surface area contributed by atoms with Crippen LogP contribution < -0.4 is 0 Å². The molecule has 0 heterocycles. The number of rotatable bonds is 3. The summed E-state index contributed by atoms with van der Waals surface area (Å²) in [6.45, 7) is 3.43. The minimum absolute atomic E-state index is 0.0889. The van der Waals surface area contributed by atoms with Gasteiger partial charge in [0, 0.05) is 22.3 Å². The largest absolute Gasteiger partial charge is 0.295 e. The van der Waals surface area contributed by atoms with Gasteiger partial charge in [-0.25, -0.2) is 0 Å². The second-order valence-electron chi connectivity index (χ2n) is 5.65. The molecule has 0 aliphatic heterocycles. The van der Waals surface area contributed by atoms with Gasteiger partial charge in [0.25, 0.3) is 10.1 Å². The molecule has 24 heavy (non-hydrogen) atoms. The van der Waals surface area contributed by atoms with Gasteiger partial charge in [-0.15, -0.1) is 0 Å². The Morgan fingerprint density at radius 1 is 0.917 bits per heavy atom. The zero-order chi connectivity index (χ0) is 17.6. The number of carbonyl (C=O) groups is 2. The second kappa shape index (κ2) is 5.65. The molecule has 2 aromatic rings. The lowest BCUT2D eigenvalue weighted by atomic mass is 9.80. The van der Waals surface area contributed by atoms with E-state index in [4.69, 9.17) is 0 Å². The number of hydrogen-bond donors (Lipinski definition) is 1. The van der Waals surface area contributed by atoms with Crippen molar-refractivity contribution >= 4 is 21.7 Å². The van der Waals surface area contributed by atoms with Crippen molar-refractivity contribution in [2.24, 2.45) is 0 Å². The van der Waals surface area contributed by atoms with E-state index in [1.807, 2.05) is 0 Å². The van der Waals surface area contributed by atoms with E-state index in [0.29, 0.717) is 17.5 Å². The summed E-state index contributed by atoms with van der Waals surface area (Å²) < 4.78 is 33.4. The highest BCUT2D eigenvalue weighted by molar-refractivity contribution is 7.86. The van der Waals surface area contributed by atoms with Gasteiger partial charge in [0.15, 0.2) is 11.6 Å². The number of fused-ring (bicyclic) bond motifs is 2. The van der Waals surface area contributed by atoms with E-state index in [1.165, 1.54) is 6.07 Å². The van der Waals surface area contributed by atoms with Crippen molar-refractivity contribution in [3.05, 3.63) is 63.7 Å². The Morgan fingerprint density at radius 3 is 2.00 bits per heavy atom. The molecular weight excluding hydrogens is 328 g/mol. The molecule has 3 rings (SSSR count). The van der Waals surface area contributed by atoms with Crippen LogP contribution in [-0.4, -0.2) is 24.5 Å². The van der Waals surface area contributed by atoms with Gasteiger partial charge in [-0.05, 0) is 30.0 Å². The molecule has 0 saturated heterocycles. The van der Waals surface area contributed by atoms with Gasteiger partial charge >= 0.3 is 0 Å². The molecule has 5 nitrogen and oxygen atoms in total. The highest BCUT2D eigenvalue weighted by Crippen LogP contribution is 2.35. The Hall–Kier alpha value is -2.31. The molecular formula is C18H16O5S. The molecule has 1 N–H and O–H groups in total. The molecule has 0 radical (unpaired) electrons. The van der Waals surface area contributed by atoms with Crippen molar-refractivity contribution in [1.29, 1.82) is 0 Å². The lowest BCUT2D eigenvalue weighted by Crippen LogP contribution is -2.25. The first-order valence-electron chi connectivity index (χ1n) is 7.65. The third-order valence-corrected chi connectivity index (χ3v) is 5.36. The first kappa shape index (κ1) is 16.5. The lowest BCUT2D eigenvalue weighted by Gasteiger charge is -2.23. The molecule has 0 aromatic heterocycles. The summed E-state index contributed by atoms with van der Waals surface area (Å²) in [4.78, 5) is 25.4. The van der Waals surface area contributed by atoms with Crippen LogP contribution in [0.3, 0.4) is 0 Å². The van der Waals surface area contributed by atoms with Gasteiger partial charge in [-0.3, -0.25) is 14.1 Å². The highest BCUT2D eigenvalue weighted by atomic mass is 32.2. The van der Waals surface area contributed by atoms with Crippen molar-refractivity contribution in [3.8, 4) is 0 Å². The number of carbonyl (C=O) groups excluding carboxylic acids is 2. The summed E-state index contributed by atoms with van der Waals surface area (Å²) in [5.74, 6) is -0.684. The van der Waals surface area contributed by atoms with Crippen LogP contribution in [0.5, 0.6) is 0 Å². The number of ketones is 2. The Kier molecular flexibility index (Phi) is 3.89. The van der Waals surface area contributed by atoms with E-state index in [2.05, 4.69) is 0 Å². The van der Waals surface area contributed by atoms with Gasteiger partial charge in [0.05, 0.1) is 0 Å². The van der Waals surface area contributed by atoms with Crippen LogP contribution in [0.25, 0.3) is 0 Å². The molecule has 1 aliphatic rings. The maximum atomic E-state index is 12.9. The predicted octanol–water partition coefficient (Wildman–Crippen LogP) is 2.83. The van der Waals surface area contributed by atoms with Crippen molar-refractivity contribution in [2.75, 3.05) is 0 Å². The van der Waals surface area contributed by atoms with Gasteiger partial charge < -0.3 is 0 Å². The smallest absolute Gasteiger partial charge is 0.289 e. The van der Waals surface area contributed by atoms with Gasteiger partial charge in [0.1, 0.15) is 4.90 Å². The lowest BCUT2D eigenvalue weighted by molar-refractivity contribution is 0.0978. The zero-order valence-electron chi connectivity index (χ0n) is 13.3. The van der Waals surface area contributed by atoms with Crippen LogP contribution in [-0.2, 0) is 23.0 Å². The summed E-state index contributed by atoms with van der Waals surface area (Å²) in [7, 11) is -4.50. The zero-order valence-corrected chi connectivity index (χ0v) is 14.1. The number of aryl methyl sites for hydroxylation is 1. The molecule has 0 amide bonds. The maximum absolute atomic E-state index is 12.9. The van der Waals surface area contributed by atoms with Gasteiger partial charge in [-0.1, -0.05) is 38.1 Å². The normalized spacial score (nSPS) is 13.6. The first-order chi connectivity index (χ1) is 11.3. The predicted molar refractivity (Wildman–Crippen MR) is 88.3 cm³/mol. The fraction of sp³-hybridized carbons (Fsp3) is 0.222. The quantitative estimate of drug-likeness (QED) is 0.738. The standard InChI is InChI=1S/C18H16O5S/c1-3-10-9-14-15(11(4-2)18(10)24(21,22)23)17(20)13-8-6-5-7-12(13)16(14)19/h5-9H,3-4H2,1-2H3,(H,21,22,23). The minimum Gasteiger partial charge on any atom is -0.289 e. The Bertz CT molecular complexity index is 987. The molecule has 2 aromatic carbocycles. The fourth-order valence-corrected chi connectivity index (χ4v) is 4.39. The number of benzene rings is 2. The van der Waals surface area contributed by atoms with Crippen LogP contribution in [0.1, 0.15) is 56.8 Å². The first-order valence-corrected chi connectivity index (χ1v) is 9.09. The third kappa shape index (κ3) is 2.30. The van der Waals surface area contributed by atoms with Crippen LogP contribution in [0.2, 0.25) is 0 Å². The van der Waals surface area contributed by atoms with E-state index >= 15 is 0 Å². The maximum Gasteiger partial charge on any atom is 0.295 e. The van der Waals surface area contributed by atoms with E-state index in [-0.39, 0.29) is 45.1 Å². The van der Waals surface area contributed by atoms with Crippen LogP contribution >= 0.6 is 0 Å². The summed E-state index contributed by atoms with van der Waals surface area (Å²) in [6, 6.07) is 7.91. The summed E-state index contributed by atoms with van der Waals surface area (Å²) in [5.41, 5.74) is 1.42. The van der Waals surface area contributed by atoms with E-state index < -0.39 is 10.1 Å². The number of hydrogen-bond acceptors (Lipinski definition) is 4. The minimum atomic E-state index is -4.50. The average molecular weight is 344 g/mol. The van der Waals surface area contributed by atoms with E-state index in [9.17, 15) is 22.6 Å². The molecule has 0 spiro atoms. The SMILES string of the molecule is CCc1cc2c(c(CC)c1S(=O)(=O)O)C(=O)c1ccccc1C2=O. The third-order valence-electron chi connectivity index (χ3n) is 4.34. The highest BCUT2D eigenvalue weighted by Gasteiger charge is 2.35. The van der Waals surface area contributed by atoms with Gasteiger partial charge in [-0.2, -0.15) is 8.42 Å². The van der Waals surface area contributed by atoms with Crippen molar-refractivity contribution in [3.63, 3.8) is 0 Å². The second-order valence-corrected chi connectivity index (χ2v) is 7.01. The van der Waals surface area contributed by atoms with Crippen LogP contribution in [0, 0.1) is 0 Å². The van der Waals surface area contributed by atoms with Crippen molar-refractivity contribution in [2.45, 2.75) is 31.6 Å². The Morgan fingerprint density at radius 2 is 1.50 bits per heavy atom. The molecule has 0 bridgehead atoms. The molecule has 1 aliphatic carbocycles.